The first-order chi connectivity index (χ1) is 7.62. The Hall–Kier alpha value is -0.120. The van der Waals surface area contributed by atoms with Crippen LogP contribution in [-0.2, 0) is 4.74 Å². The normalized spacial score (nSPS) is 26.6. The van der Waals surface area contributed by atoms with Crippen molar-refractivity contribution in [2.24, 2.45) is 0 Å². The van der Waals surface area contributed by atoms with E-state index in [1.807, 2.05) is 6.92 Å². The zero-order valence-corrected chi connectivity index (χ0v) is 11.0. The monoisotopic (exact) mass is 229 g/mol. The first-order valence-electron chi connectivity index (χ1n) is 6.67. The fourth-order valence-electron chi connectivity index (χ4n) is 2.44. The number of hydrogen-bond acceptors (Lipinski definition) is 3. The van der Waals surface area contributed by atoms with Crippen molar-refractivity contribution >= 4 is 0 Å². The van der Waals surface area contributed by atoms with Gasteiger partial charge in [0.25, 0.3) is 0 Å². The molecule has 0 spiro atoms. The zero-order valence-electron chi connectivity index (χ0n) is 11.0. The van der Waals surface area contributed by atoms with Crippen LogP contribution in [-0.4, -0.2) is 36.0 Å². The highest BCUT2D eigenvalue weighted by atomic mass is 16.5. The molecule has 2 N–H and O–H groups in total. The molecule has 16 heavy (non-hydrogen) atoms. The molecule has 0 aromatic carbocycles. The molecule has 1 rings (SSSR count). The molecular formula is C13H27NO2. The molecule has 1 saturated heterocycles. The Balaban J connectivity index is 2.32. The van der Waals surface area contributed by atoms with Gasteiger partial charge in [-0.05, 0) is 45.6 Å². The molecule has 1 fully saturated rings. The smallest absolute Gasteiger partial charge is 0.0692 e. The second-order valence-corrected chi connectivity index (χ2v) is 5.02. The van der Waals surface area contributed by atoms with Gasteiger partial charge in [-0.15, -0.1) is 0 Å². The molecule has 1 aliphatic rings. The largest absolute Gasteiger partial charge is 0.393 e. The average Bonchev–Trinajstić information content (AvgIpc) is 2.29. The van der Waals surface area contributed by atoms with Crippen molar-refractivity contribution in [3.8, 4) is 0 Å². The van der Waals surface area contributed by atoms with Crippen LogP contribution in [0.2, 0.25) is 0 Å². The Morgan fingerprint density at radius 2 is 2.12 bits per heavy atom. The van der Waals surface area contributed by atoms with Crippen molar-refractivity contribution in [1.29, 1.82) is 0 Å². The summed E-state index contributed by atoms with van der Waals surface area (Å²) in [5.74, 6) is 0. The van der Waals surface area contributed by atoms with Gasteiger partial charge in [0.1, 0.15) is 0 Å². The lowest BCUT2D eigenvalue weighted by Gasteiger charge is -2.40. The van der Waals surface area contributed by atoms with Crippen LogP contribution in [0.25, 0.3) is 0 Å². The quantitative estimate of drug-likeness (QED) is 0.733. The highest BCUT2D eigenvalue weighted by Crippen LogP contribution is 2.31. The summed E-state index contributed by atoms with van der Waals surface area (Å²) >= 11 is 0. The lowest BCUT2D eigenvalue weighted by molar-refractivity contribution is -0.0931. The molecule has 1 heterocycles. The van der Waals surface area contributed by atoms with Gasteiger partial charge < -0.3 is 15.2 Å². The van der Waals surface area contributed by atoms with Gasteiger partial charge in [0.2, 0.25) is 0 Å². The van der Waals surface area contributed by atoms with Crippen LogP contribution < -0.4 is 5.32 Å². The van der Waals surface area contributed by atoms with Gasteiger partial charge in [-0.25, -0.2) is 0 Å². The average molecular weight is 229 g/mol. The second kappa shape index (κ2) is 6.58. The van der Waals surface area contributed by atoms with Crippen molar-refractivity contribution in [2.75, 3.05) is 13.2 Å². The highest BCUT2D eigenvalue weighted by molar-refractivity contribution is 4.88. The topological polar surface area (TPSA) is 41.5 Å². The van der Waals surface area contributed by atoms with E-state index in [9.17, 15) is 5.11 Å². The van der Waals surface area contributed by atoms with Crippen molar-refractivity contribution in [3.63, 3.8) is 0 Å². The zero-order chi connectivity index (χ0) is 12.0. The molecule has 0 aromatic heterocycles. The minimum absolute atomic E-state index is 0.0980. The lowest BCUT2D eigenvalue weighted by atomic mass is 9.86. The number of hydrogen-bond donors (Lipinski definition) is 2. The van der Waals surface area contributed by atoms with Crippen molar-refractivity contribution in [3.05, 3.63) is 0 Å². The first-order valence-corrected chi connectivity index (χ1v) is 6.67. The maximum absolute atomic E-state index is 9.21. The third kappa shape index (κ3) is 4.04. The number of nitrogens with one attached hydrogen (secondary N) is 1. The van der Waals surface area contributed by atoms with Gasteiger partial charge in [0.15, 0.2) is 0 Å². The number of aliphatic hydroxyl groups excluding tert-OH is 1. The maximum atomic E-state index is 9.21. The summed E-state index contributed by atoms with van der Waals surface area (Å²) in [7, 11) is 0. The van der Waals surface area contributed by atoms with E-state index in [-0.39, 0.29) is 11.7 Å². The fraction of sp³-hybridized carbons (Fsp3) is 1.00. The summed E-state index contributed by atoms with van der Waals surface area (Å²) in [6.45, 7) is 8.04. The summed E-state index contributed by atoms with van der Waals surface area (Å²) in [5, 5.41) is 12.7. The Labute approximate surface area is 99.6 Å². The van der Waals surface area contributed by atoms with Gasteiger partial charge >= 0.3 is 0 Å². The van der Waals surface area contributed by atoms with Gasteiger partial charge in [0.05, 0.1) is 11.7 Å². The van der Waals surface area contributed by atoms with Crippen LogP contribution in [0.5, 0.6) is 0 Å². The van der Waals surface area contributed by atoms with Crippen LogP contribution in [0.1, 0.15) is 52.9 Å². The Bertz CT molecular complexity index is 190. The van der Waals surface area contributed by atoms with Crippen molar-refractivity contribution in [2.45, 2.75) is 70.6 Å². The predicted octanol–water partition coefficient (Wildman–Crippen LogP) is 2.08. The Morgan fingerprint density at radius 3 is 2.69 bits per heavy atom. The lowest BCUT2D eigenvalue weighted by Crippen LogP contribution is -2.46. The maximum Gasteiger partial charge on any atom is 0.0692 e. The van der Waals surface area contributed by atoms with Gasteiger partial charge in [0, 0.05) is 12.6 Å². The van der Waals surface area contributed by atoms with Gasteiger partial charge in [-0.3, -0.25) is 0 Å². The van der Waals surface area contributed by atoms with Gasteiger partial charge in [-0.1, -0.05) is 13.8 Å². The molecular weight excluding hydrogens is 202 g/mol. The van der Waals surface area contributed by atoms with E-state index in [1.165, 1.54) is 0 Å². The molecule has 0 aromatic rings. The molecule has 0 aliphatic carbocycles. The molecule has 96 valence electrons. The van der Waals surface area contributed by atoms with E-state index in [1.54, 1.807) is 0 Å². The van der Waals surface area contributed by atoms with E-state index < -0.39 is 0 Å². The minimum Gasteiger partial charge on any atom is -0.393 e. The van der Waals surface area contributed by atoms with Crippen LogP contribution in [0.15, 0.2) is 0 Å². The molecule has 0 saturated carbocycles. The second-order valence-electron chi connectivity index (χ2n) is 5.02. The Morgan fingerprint density at radius 1 is 1.44 bits per heavy atom. The standard InChI is InChI=1S/C13H27NO2/c1-4-13(5-2)10-12(7-9-16-13)14-8-6-11(3)15/h11-12,14-15H,4-10H2,1-3H3. The number of aliphatic hydroxyl groups is 1. The van der Waals surface area contributed by atoms with E-state index in [0.717, 1.165) is 45.3 Å². The highest BCUT2D eigenvalue weighted by Gasteiger charge is 2.34. The third-order valence-corrected chi connectivity index (χ3v) is 3.78. The number of rotatable bonds is 6. The summed E-state index contributed by atoms with van der Waals surface area (Å²) in [5.41, 5.74) is 0.0980. The van der Waals surface area contributed by atoms with Crippen LogP contribution in [0.4, 0.5) is 0 Å². The van der Waals surface area contributed by atoms with E-state index in [4.69, 9.17) is 4.74 Å². The SMILES string of the molecule is CCC1(CC)CC(NCCC(C)O)CCO1. The minimum atomic E-state index is -0.200. The molecule has 0 radical (unpaired) electrons. The summed E-state index contributed by atoms with van der Waals surface area (Å²) in [6, 6.07) is 0.562. The molecule has 2 unspecified atom stereocenters. The molecule has 0 bridgehead atoms. The molecule has 3 nitrogen and oxygen atoms in total. The third-order valence-electron chi connectivity index (χ3n) is 3.78. The summed E-state index contributed by atoms with van der Waals surface area (Å²) in [4.78, 5) is 0. The summed E-state index contributed by atoms with van der Waals surface area (Å²) < 4.78 is 5.93. The van der Waals surface area contributed by atoms with Gasteiger partial charge in [-0.2, -0.15) is 0 Å². The van der Waals surface area contributed by atoms with Crippen LogP contribution >= 0.6 is 0 Å². The molecule has 3 heteroatoms. The Kier molecular flexibility index (Phi) is 5.73. The van der Waals surface area contributed by atoms with E-state index in [0.29, 0.717) is 6.04 Å². The van der Waals surface area contributed by atoms with E-state index in [2.05, 4.69) is 19.2 Å². The number of ether oxygens (including phenoxy) is 1. The summed E-state index contributed by atoms with van der Waals surface area (Å²) in [6.07, 6.45) is 5.04. The van der Waals surface area contributed by atoms with Crippen molar-refractivity contribution in [1.82, 2.24) is 5.32 Å². The van der Waals surface area contributed by atoms with Crippen LogP contribution in [0, 0.1) is 0 Å². The molecule has 0 amide bonds. The molecule has 2 atom stereocenters. The van der Waals surface area contributed by atoms with Crippen LogP contribution in [0.3, 0.4) is 0 Å². The predicted molar refractivity (Wildman–Crippen MR) is 66.6 cm³/mol. The first kappa shape index (κ1) is 13.9. The van der Waals surface area contributed by atoms with Crippen molar-refractivity contribution < 1.29 is 9.84 Å². The van der Waals surface area contributed by atoms with E-state index >= 15 is 0 Å². The molecule has 1 aliphatic heterocycles. The fourth-order valence-corrected chi connectivity index (χ4v) is 2.44.